The first-order valence-corrected chi connectivity index (χ1v) is 9.72. The fraction of sp³-hybridized carbons (Fsp3) is 0.941. The van der Waals surface area contributed by atoms with Crippen molar-refractivity contribution in [3.63, 3.8) is 0 Å². The number of likely N-dealkylation sites (tertiary alicyclic amines) is 1. The Morgan fingerprint density at radius 1 is 1.27 bits per heavy atom. The SMILES string of the molecule is CC1CC(C)CN(C(C)(C)CNC(=O)C2(O)CCSCC2)C1. The molecule has 128 valence electrons. The molecule has 1 amide bonds. The number of hydrogen-bond donors (Lipinski definition) is 2. The number of piperidine rings is 1. The number of aliphatic hydroxyl groups is 1. The van der Waals surface area contributed by atoms with Gasteiger partial charge in [-0.25, -0.2) is 0 Å². The van der Waals surface area contributed by atoms with E-state index in [1.165, 1.54) is 6.42 Å². The summed E-state index contributed by atoms with van der Waals surface area (Å²) in [6.45, 7) is 11.8. The standard InChI is InChI=1S/C17H32N2O2S/c1-13-9-14(2)11-19(10-13)16(3,4)12-18-15(20)17(21)5-7-22-8-6-17/h13-14,21H,5-12H2,1-4H3,(H,18,20). The summed E-state index contributed by atoms with van der Waals surface area (Å²) >= 11 is 1.81. The zero-order valence-electron chi connectivity index (χ0n) is 14.5. The number of thioether (sulfide) groups is 1. The van der Waals surface area contributed by atoms with Crippen molar-refractivity contribution in [3.05, 3.63) is 0 Å². The quantitative estimate of drug-likeness (QED) is 0.830. The van der Waals surface area contributed by atoms with Gasteiger partial charge in [-0.3, -0.25) is 9.69 Å². The highest BCUT2D eigenvalue weighted by molar-refractivity contribution is 7.99. The van der Waals surface area contributed by atoms with Crippen LogP contribution in [0.4, 0.5) is 0 Å². The van der Waals surface area contributed by atoms with E-state index >= 15 is 0 Å². The van der Waals surface area contributed by atoms with Crippen LogP contribution < -0.4 is 5.32 Å². The molecule has 2 rings (SSSR count). The van der Waals surface area contributed by atoms with Gasteiger partial charge in [0, 0.05) is 25.2 Å². The zero-order valence-corrected chi connectivity index (χ0v) is 15.3. The highest BCUT2D eigenvalue weighted by Gasteiger charge is 2.39. The molecule has 0 aliphatic carbocycles. The number of hydrogen-bond acceptors (Lipinski definition) is 4. The fourth-order valence-corrected chi connectivity index (χ4v) is 4.83. The van der Waals surface area contributed by atoms with Crippen LogP contribution in [0.1, 0.15) is 47.0 Å². The molecule has 2 N–H and O–H groups in total. The van der Waals surface area contributed by atoms with Gasteiger partial charge in [0.1, 0.15) is 5.60 Å². The smallest absolute Gasteiger partial charge is 0.252 e. The molecular formula is C17H32N2O2S. The molecule has 2 fully saturated rings. The van der Waals surface area contributed by atoms with Gasteiger partial charge in [0.15, 0.2) is 0 Å². The van der Waals surface area contributed by atoms with Gasteiger partial charge in [0.05, 0.1) is 0 Å². The van der Waals surface area contributed by atoms with Crippen molar-refractivity contribution in [2.24, 2.45) is 11.8 Å². The van der Waals surface area contributed by atoms with E-state index in [2.05, 4.69) is 37.9 Å². The zero-order chi connectivity index (χ0) is 16.4. The Kier molecular flexibility index (Phi) is 5.84. The molecule has 22 heavy (non-hydrogen) atoms. The summed E-state index contributed by atoms with van der Waals surface area (Å²) in [5, 5.41) is 13.5. The van der Waals surface area contributed by atoms with Crippen molar-refractivity contribution < 1.29 is 9.90 Å². The first-order valence-electron chi connectivity index (χ1n) is 8.56. The minimum absolute atomic E-state index is 0.0711. The lowest BCUT2D eigenvalue weighted by Gasteiger charge is -2.45. The number of nitrogens with one attached hydrogen (secondary N) is 1. The highest BCUT2D eigenvalue weighted by atomic mass is 32.2. The number of carbonyl (C=O) groups is 1. The Morgan fingerprint density at radius 2 is 1.82 bits per heavy atom. The molecule has 0 radical (unpaired) electrons. The Bertz CT molecular complexity index is 384. The molecule has 0 saturated carbocycles. The summed E-state index contributed by atoms with van der Waals surface area (Å²) in [5.41, 5.74) is -1.22. The van der Waals surface area contributed by atoms with E-state index in [0.29, 0.717) is 31.2 Å². The Labute approximate surface area is 139 Å². The van der Waals surface area contributed by atoms with Gasteiger partial charge in [-0.2, -0.15) is 11.8 Å². The third-order valence-electron chi connectivity index (χ3n) is 5.15. The lowest BCUT2D eigenvalue weighted by molar-refractivity contribution is -0.141. The van der Waals surface area contributed by atoms with Crippen molar-refractivity contribution in [2.75, 3.05) is 31.1 Å². The molecule has 2 saturated heterocycles. The summed E-state index contributed by atoms with van der Waals surface area (Å²) in [6, 6.07) is 0. The second kappa shape index (κ2) is 7.10. The molecule has 2 unspecified atom stereocenters. The lowest BCUT2D eigenvalue weighted by atomic mass is 9.87. The largest absolute Gasteiger partial charge is 0.380 e. The van der Waals surface area contributed by atoms with Gasteiger partial charge < -0.3 is 10.4 Å². The van der Waals surface area contributed by atoms with Gasteiger partial charge in [0.2, 0.25) is 0 Å². The first-order chi connectivity index (χ1) is 10.2. The minimum atomic E-state index is -1.15. The average Bonchev–Trinajstić information content (AvgIpc) is 2.44. The molecule has 2 aliphatic rings. The topological polar surface area (TPSA) is 52.6 Å². The van der Waals surface area contributed by atoms with Crippen molar-refractivity contribution in [1.82, 2.24) is 10.2 Å². The van der Waals surface area contributed by atoms with E-state index in [1.54, 1.807) is 0 Å². The summed E-state index contributed by atoms with van der Waals surface area (Å²) in [4.78, 5) is 14.9. The number of amides is 1. The maximum absolute atomic E-state index is 12.4. The second-order valence-corrected chi connectivity index (χ2v) is 9.21. The van der Waals surface area contributed by atoms with E-state index in [-0.39, 0.29) is 11.4 Å². The van der Waals surface area contributed by atoms with Crippen molar-refractivity contribution >= 4 is 17.7 Å². The van der Waals surface area contributed by atoms with E-state index in [1.807, 2.05) is 11.8 Å². The lowest BCUT2D eigenvalue weighted by Crippen LogP contribution is -2.58. The van der Waals surface area contributed by atoms with E-state index in [0.717, 1.165) is 24.6 Å². The molecule has 2 atom stereocenters. The van der Waals surface area contributed by atoms with Crippen LogP contribution in [0, 0.1) is 11.8 Å². The molecule has 2 aliphatic heterocycles. The molecule has 4 nitrogen and oxygen atoms in total. The van der Waals surface area contributed by atoms with Crippen LogP contribution in [0.2, 0.25) is 0 Å². The fourth-order valence-electron chi connectivity index (χ4n) is 3.67. The van der Waals surface area contributed by atoms with Gasteiger partial charge in [-0.05, 0) is 56.5 Å². The maximum Gasteiger partial charge on any atom is 0.252 e. The van der Waals surface area contributed by atoms with Crippen LogP contribution in [0.5, 0.6) is 0 Å². The third-order valence-corrected chi connectivity index (χ3v) is 6.13. The Morgan fingerprint density at radius 3 is 2.36 bits per heavy atom. The second-order valence-electron chi connectivity index (χ2n) is 7.99. The molecule has 0 aromatic heterocycles. The van der Waals surface area contributed by atoms with Crippen LogP contribution in [-0.2, 0) is 4.79 Å². The van der Waals surface area contributed by atoms with Gasteiger partial charge >= 0.3 is 0 Å². The molecular weight excluding hydrogens is 296 g/mol. The predicted octanol–water partition coefficient (Wildman–Crippen LogP) is 2.12. The van der Waals surface area contributed by atoms with Crippen LogP contribution in [0.3, 0.4) is 0 Å². The highest BCUT2D eigenvalue weighted by Crippen LogP contribution is 2.29. The van der Waals surface area contributed by atoms with Gasteiger partial charge in [-0.15, -0.1) is 0 Å². The third kappa shape index (κ3) is 4.39. The van der Waals surface area contributed by atoms with Gasteiger partial charge in [-0.1, -0.05) is 13.8 Å². The maximum atomic E-state index is 12.4. The van der Waals surface area contributed by atoms with Crippen LogP contribution >= 0.6 is 11.8 Å². The average molecular weight is 329 g/mol. The number of carbonyl (C=O) groups excluding carboxylic acids is 1. The Hall–Kier alpha value is -0.260. The van der Waals surface area contributed by atoms with Crippen LogP contribution in [-0.4, -0.2) is 58.2 Å². The molecule has 0 bridgehead atoms. The molecule has 0 aromatic rings. The molecule has 2 heterocycles. The summed E-state index contributed by atoms with van der Waals surface area (Å²) < 4.78 is 0. The number of rotatable bonds is 4. The van der Waals surface area contributed by atoms with Crippen molar-refractivity contribution in [1.29, 1.82) is 0 Å². The Balaban J connectivity index is 1.90. The van der Waals surface area contributed by atoms with Gasteiger partial charge in [0.25, 0.3) is 5.91 Å². The first kappa shape index (κ1) is 18.1. The summed E-state index contributed by atoms with van der Waals surface area (Å²) in [6.07, 6.45) is 2.43. The summed E-state index contributed by atoms with van der Waals surface area (Å²) in [7, 11) is 0. The van der Waals surface area contributed by atoms with E-state index in [9.17, 15) is 9.90 Å². The molecule has 0 aromatic carbocycles. The van der Waals surface area contributed by atoms with Crippen molar-refractivity contribution in [2.45, 2.75) is 58.1 Å². The molecule has 5 heteroatoms. The minimum Gasteiger partial charge on any atom is -0.380 e. The summed E-state index contributed by atoms with van der Waals surface area (Å²) in [5.74, 6) is 2.97. The normalized spacial score (nSPS) is 30.0. The van der Waals surface area contributed by atoms with E-state index in [4.69, 9.17) is 0 Å². The number of nitrogens with zero attached hydrogens (tertiary/aromatic N) is 1. The monoisotopic (exact) mass is 328 g/mol. The predicted molar refractivity (Wildman–Crippen MR) is 93.1 cm³/mol. The van der Waals surface area contributed by atoms with E-state index < -0.39 is 5.60 Å². The van der Waals surface area contributed by atoms with Crippen LogP contribution in [0.15, 0.2) is 0 Å². The molecule has 0 spiro atoms. The van der Waals surface area contributed by atoms with Crippen molar-refractivity contribution in [3.8, 4) is 0 Å². The van der Waals surface area contributed by atoms with Crippen LogP contribution in [0.25, 0.3) is 0 Å².